The summed E-state index contributed by atoms with van der Waals surface area (Å²) in [5.74, 6) is -0.491. The molecule has 0 saturated heterocycles. The lowest BCUT2D eigenvalue weighted by Crippen LogP contribution is -2.14. The molecule has 0 bridgehead atoms. The van der Waals surface area contributed by atoms with E-state index in [1.165, 1.54) is 62.9 Å². The van der Waals surface area contributed by atoms with E-state index < -0.39 is 17.4 Å². The smallest absolute Gasteiger partial charge is 0.337 e. The number of benzene rings is 2. The van der Waals surface area contributed by atoms with Crippen LogP contribution in [0.1, 0.15) is 10.4 Å². The van der Waals surface area contributed by atoms with Gasteiger partial charge in [0.1, 0.15) is 30.0 Å². The first-order valence-electron chi connectivity index (χ1n) is 8.13. The Labute approximate surface area is 159 Å². The Balaban J connectivity index is 1.83. The van der Waals surface area contributed by atoms with Crippen molar-refractivity contribution in [3.05, 3.63) is 64.5 Å². The molecule has 8 nitrogen and oxygen atoms in total. The number of carbonyl (C=O) groups is 2. The van der Waals surface area contributed by atoms with Crippen molar-refractivity contribution in [2.75, 3.05) is 20.8 Å². The van der Waals surface area contributed by atoms with Crippen LogP contribution >= 0.6 is 0 Å². The van der Waals surface area contributed by atoms with Gasteiger partial charge in [0.05, 0.1) is 18.1 Å². The summed E-state index contributed by atoms with van der Waals surface area (Å²) in [6.07, 6.45) is 1.17. The van der Waals surface area contributed by atoms with E-state index in [1.807, 2.05) is 0 Å². The van der Waals surface area contributed by atoms with Crippen molar-refractivity contribution in [2.24, 2.45) is 0 Å². The fourth-order valence-electron chi connectivity index (χ4n) is 2.41. The monoisotopic (exact) mass is 384 g/mol. The van der Waals surface area contributed by atoms with Crippen molar-refractivity contribution < 1.29 is 33.0 Å². The quantitative estimate of drug-likeness (QED) is 0.472. The SMILES string of the molecule is COCC(=O)Oc1ccc2c(=O)c(Oc3ccc(C(=O)OC)cc3)coc2c1. The summed E-state index contributed by atoms with van der Waals surface area (Å²) in [4.78, 5) is 35.5. The summed E-state index contributed by atoms with van der Waals surface area (Å²) in [5, 5.41) is 0.259. The zero-order chi connectivity index (χ0) is 20.1. The Kier molecular flexibility index (Phi) is 5.71. The second-order valence-corrected chi connectivity index (χ2v) is 5.61. The van der Waals surface area contributed by atoms with Gasteiger partial charge in [-0.1, -0.05) is 0 Å². The predicted molar refractivity (Wildman–Crippen MR) is 97.9 cm³/mol. The summed E-state index contributed by atoms with van der Waals surface area (Å²) in [7, 11) is 2.67. The minimum atomic E-state index is -0.570. The molecular formula is C20H16O8. The third kappa shape index (κ3) is 4.18. The molecule has 0 spiro atoms. The molecule has 0 radical (unpaired) electrons. The highest BCUT2D eigenvalue weighted by atomic mass is 16.6. The van der Waals surface area contributed by atoms with E-state index in [2.05, 4.69) is 4.74 Å². The Morgan fingerprint density at radius 3 is 2.39 bits per heavy atom. The third-order valence-corrected chi connectivity index (χ3v) is 3.71. The van der Waals surface area contributed by atoms with Gasteiger partial charge in [-0.3, -0.25) is 4.79 Å². The normalized spacial score (nSPS) is 10.5. The largest absolute Gasteiger partial charge is 0.465 e. The Hall–Kier alpha value is -3.65. The Morgan fingerprint density at radius 1 is 1.00 bits per heavy atom. The van der Waals surface area contributed by atoms with Gasteiger partial charge in [0.2, 0.25) is 11.2 Å². The summed E-state index contributed by atoms with van der Waals surface area (Å²) >= 11 is 0. The lowest BCUT2D eigenvalue weighted by molar-refractivity contribution is -0.138. The summed E-state index contributed by atoms with van der Waals surface area (Å²) in [5.41, 5.74) is 0.199. The summed E-state index contributed by atoms with van der Waals surface area (Å²) in [6, 6.07) is 10.5. The first kappa shape index (κ1) is 19.1. The van der Waals surface area contributed by atoms with Crippen LogP contribution in [0.5, 0.6) is 17.2 Å². The Morgan fingerprint density at radius 2 is 1.71 bits per heavy atom. The number of fused-ring (bicyclic) bond motifs is 1. The zero-order valence-electron chi connectivity index (χ0n) is 15.1. The molecule has 0 atom stereocenters. The molecule has 3 aromatic rings. The molecular weight excluding hydrogens is 368 g/mol. The first-order chi connectivity index (χ1) is 13.5. The molecule has 0 aliphatic carbocycles. The van der Waals surface area contributed by atoms with Gasteiger partial charge in [0.15, 0.2) is 0 Å². The van der Waals surface area contributed by atoms with E-state index in [1.54, 1.807) is 0 Å². The van der Waals surface area contributed by atoms with Gasteiger partial charge in [-0.15, -0.1) is 0 Å². The number of hydrogen-bond donors (Lipinski definition) is 0. The lowest BCUT2D eigenvalue weighted by Gasteiger charge is -2.07. The van der Waals surface area contributed by atoms with Crippen molar-refractivity contribution in [3.63, 3.8) is 0 Å². The summed E-state index contributed by atoms with van der Waals surface area (Å²) < 4.78 is 25.4. The van der Waals surface area contributed by atoms with Gasteiger partial charge in [-0.2, -0.15) is 0 Å². The maximum absolute atomic E-state index is 12.6. The van der Waals surface area contributed by atoms with Gasteiger partial charge in [-0.25, -0.2) is 9.59 Å². The van der Waals surface area contributed by atoms with Gasteiger partial charge in [-0.05, 0) is 36.4 Å². The third-order valence-electron chi connectivity index (χ3n) is 3.71. The van der Waals surface area contributed by atoms with Crippen LogP contribution in [0.15, 0.2) is 57.9 Å². The van der Waals surface area contributed by atoms with Crippen LogP contribution in [-0.2, 0) is 14.3 Å². The van der Waals surface area contributed by atoms with Crippen molar-refractivity contribution in [3.8, 4) is 17.2 Å². The average Bonchev–Trinajstić information content (AvgIpc) is 2.70. The fraction of sp³-hybridized carbons (Fsp3) is 0.150. The number of methoxy groups -OCH3 is 2. The van der Waals surface area contributed by atoms with Gasteiger partial charge >= 0.3 is 11.9 Å². The number of rotatable bonds is 6. The molecule has 3 rings (SSSR count). The van der Waals surface area contributed by atoms with Gasteiger partial charge < -0.3 is 23.4 Å². The molecule has 0 N–H and O–H groups in total. The van der Waals surface area contributed by atoms with Crippen LogP contribution in [0.4, 0.5) is 0 Å². The number of hydrogen-bond acceptors (Lipinski definition) is 8. The summed E-state index contributed by atoms with van der Waals surface area (Å²) in [6.45, 7) is -0.191. The molecule has 28 heavy (non-hydrogen) atoms. The first-order valence-corrected chi connectivity index (χ1v) is 8.13. The lowest BCUT2D eigenvalue weighted by atomic mass is 10.2. The predicted octanol–water partition coefficient (Wildman–Crippen LogP) is 2.92. The van der Waals surface area contributed by atoms with Crippen LogP contribution < -0.4 is 14.9 Å². The Bertz CT molecular complexity index is 1070. The molecule has 0 amide bonds. The minimum Gasteiger partial charge on any atom is -0.465 e. The number of esters is 2. The average molecular weight is 384 g/mol. The van der Waals surface area contributed by atoms with E-state index >= 15 is 0 Å². The van der Waals surface area contributed by atoms with Crippen LogP contribution in [0.3, 0.4) is 0 Å². The molecule has 0 fully saturated rings. The van der Waals surface area contributed by atoms with E-state index in [9.17, 15) is 14.4 Å². The molecule has 2 aromatic carbocycles. The van der Waals surface area contributed by atoms with Crippen molar-refractivity contribution in [1.82, 2.24) is 0 Å². The molecule has 0 aliphatic heterocycles. The second-order valence-electron chi connectivity index (χ2n) is 5.61. The molecule has 0 saturated carbocycles. The van der Waals surface area contributed by atoms with Crippen LogP contribution in [0.25, 0.3) is 11.0 Å². The standard InChI is InChI=1S/C20H16O8/c1-24-11-18(21)28-14-7-8-15-16(9-14)26-10-17(19(15)22)27-13-5-3-12(4-6-13)20(23)25-2/h3-10H,11H2,1-2H3. The number of carbonyl (C=O) groups excluding carboxylic acids is 2. The number of ether oxygens (including phenoxy) is 4. The van der Waals surface area contributed by atoms with Crippen LogP contribution in [-0.4, -0.2) is 32.8 Å². The van der Waals surface area contributed by atoms with Crippen molar-refractivity contribution >= 4 is 22.9 Å². The van der Waals surface area contributed by atoms with E-state index in [0.717, 1.165) is 0 Å². The fourth-order valence-corrected chi connectivity index (χ4v) is 2.41. The van der Waals surface area contributed by atoms with E-state index in [0.29, 0.717) is 11.3 Å². The van der Waals surface area contributed by atoms with E-state index in [4.69, 9.17) is 18.6 Å². The van der Waals surface area contributed by atoms with Crippen molar-refractivity contribution in [1.29, 1.82) is 0 Å². The van der Waals surface area contributed by atoms with Gasteiger partial charge in [0.25, 0.3) is 0 Å². The highest BCUT2D eigenvalue weighted by Gasteiger charge is 2.12. The van der Waals surface area contributed by atoms with Crippen LogP contribution in [0, 0.1) is 0 Å². The molecule has 0 unspecified atom stereocenters. The van der Waals surface area contributed by atoms with E-state index in [-0.39, 0.29) is 29.1 Å². The molecule has 144 valence electrons. The van der Waals surface area contributed by atoms with Crippen molar-refractivity contribution in [2.45, 2.75) is 0 Å². The minimum absolute atomic E-state index is 0.0255. The zero-order valence-corrected chi connectivity index (χ0v) is 15.1. The molecule has 1 aromatic heterocycles. The second kappa shape index (κ2) is 8.36. The molecule has 1 heterocycles. The highest BCUT2D eigenvalue weighted by molar-refractivity contribution is 5.89. The highest BCUT2D eigenvalue weighted by Crippen LogP contribution is 2.24. The van der Waals surface area contributed by atoms with Gasteiger partial charge in [0, 0.05) is 13.2 Å². The molecule has 0 aliphatic rings. The molecule has 8 heteroatoms. The maximum Gasteiger partial charge on any atom is 0.337 e. The van der Waals surface area contributed by atoms with Crippen LogP contribution in [0.2, 0.25) is 0 Å². The maximum atomic E-state index is 12.6. The topological polar surface area (TPSA) is 101 Å².